The first kappa shape index (κ1) is 13.3. The third-order valence-electron chi connectivity index (χ3n) is 1.95. The molecule has 1 N–H and O–H groups in total. The Hall–Kier alpha value is -0.750. The molecule has 0 aliphatic carbocycles. The summed E-state index contributed by atoms with van der Waals surface area (Å²) in [6.07, 6.45) is 3.01. The van der Waals surface area contributed by atoms with Gasteiger partial charge < -0.3 is 5.32 Å². The zero-order valence-corrected chi connectivity index (χ0v) is 11.1. The standard InChI is InChI=1S/C10H16N2O2S2/c1-11-9-3-4-12-10(7-9)8-15-5-6-16(2,13)14/h3-4,7H,5-6,8H2,1-2H3,(H,11,12). The molecule has 0 saturated carbocycles. The minimum atomic E-state index is -2.84. The minimum absolute atomic E-state index is 0.226. The van der Waals surface area contributed by atoms with Gasteiger partial charge in [-0.05, 0) is 12.1 Å². The van der Waals surface area contributed by atoms with Crippen molar-refractivity contribution in [3.8, 4) is 0 Å². The third-order valence-corrected chi connectivity index (χ3v) is 4.15. The number of sulfone groups is 1. The topological polar surface area (TPSA) is 59.1 Å². The second-order valence-corrected chi connectivity index (χ2v) is 6.83. The average molecular weight is 260 g/mol. The molecule has 0 atom stereocenters. The second kappa shape index (κ2) is 6.10. The van der Waals surface area contributed by atoms with Crippen molar-refractivity contribution in [1.82, 2.24) is 4.98 Å². The van der Waals surface area contributed by atoms with E-state index in [2.05, 4.69) is 10.3 Å². The Morgan fingerprint density at radius 1 is 1.50 bits per heavy atom. The molecule has 0 bridgehead atoms. The van der Waals surface area contributed by atoms with Crippen LogP contribution in [0.4, 0.5) is 5.69 Å². The number of thioether (sulfide) groups is 1. The lowest BCUT2D eigenvalue weighted by atomic mass is 10.3. The fourth-order valence-corrected chi connectivity index (χ4v) is 3.29. The first-order valence-corrected chi connectivity index (χ1v) is 8.11. The van der Waals surface area contributed by atoms with Gasteiger partial charge in [-0.25, -0.2) is 8.42 Å². The van der Waals surface area contributed by atoms with Gasteiger partial charge in [0.25, 0.3) is 0 Å². The van der Waals surface area contributed by atoms with E-state index in [1.54, 1.807) is 18.0 Å². The summed E-state index contributed by atoms with van der Waals surface area (Å²) >= 11 is 1.58. The molecule has 16 heavy (non-hydrogen) atoms. The molecule has 4 nitrogen and oxygen atoms in total. The summed E-state index contributed by atoms with van der Waals surface area (Å²) in [5, 5.41) is 3.04. The van der Waals surface area contributed by atoms with Crippen molar-refractivity contribution in [2.24, 2.45) is 0 Å². The Morgan fingerprint density at radius 2 is 2.25 bits per heavy atom. The predicted octanol–water partition coefficient (Wildman–Crippen LogP) is 1.40. The summed E-state index contributed by atoms with van der Waals surface area (Å²) < 4.78 is 21.8. The molecule has 0 aliphatic rings. The van der Waals surface area contributed by atoms with Gasteiger partial charge in [0.05, 0.1) is 11.4 Å². The Kier molecular flexibility index (Phi) is 5.08. The molecule has 1 heterocycles. The van der Waals surface area contributed by atoms with Crippen LogP contribution in [0.3, 0.4) is 0 Å². The number of pyridine rings is 1. The average Bonchev–Trinajstić information content (AvgIpc) is 2.23. The van der Waals surface area contributed by atoms with Gasteiger partial charge >= 0.3 is 0 Å². The molecule has 0 amide bonds. The van der Waals surface area contributed by atoms with Crippen molar-refractivity contribution in [3.63, 3.8) is 0 Å². The summed E-state index contributed by atoms with van der Waals surface area (Å²) in [7, 11) is -0.988. The number of aromatic nitrogens is 1. The highest BCUT2D eigenvalue weighted by molar-refractivity contribution is 7.99. The van der Waals surface area contributed by atoms with Crippen LogP contribution in [0.5, 0.6) is 0 Å². The SMILES string of the molecule is CNc1ccnc(CSCCS(C)(=O)=O)c1. The van der Waals surface area contributed by atoms with Crippen LogP contribution in [0.2, 0.25) is 0 Å². The fourth-order valence-electron chi connectivity index (χ4n) is 1.10. The molecule has 1 aromatic heterocycles. The van der Waals surface area contributed by atoms with E-state index in [-0.39, 0.29) is 5.75 Å². The predicted molar refractivity (Wildman–Crippen MR) is 69.7 cm³/mol. The highest BCUT2D eigenvalue weighted by atomic mass is 32.2. The first-order valence-electron chi connectivity index (χ1n) is 4.89. The molecular formula is C10H16N2O2S2. The summed E-state index contributed by atoms with van der Waals surface area (Å²) in [5.41, 5.74) is 1.99. The van der Waals surface area contributed by atoms with Crippen LogP contribution >= 0.6 is 11.8 Å². The van der Waals surface area contributed by atoms with E-state index in [9.17, 15) is 8.42 Å². The van der Waals surface area contributed by atoms with Crippen LogP contribution in [0.25, 0.3) is 0 Å². The molecule has 0 fully saturated rings. The van der Waals surface area contributed by atoms with Crippen LogP contribution < -0.4 is 5.32 Å². The molecule has 0 aromatic carbocycles. The third kappa shape index (κ3) is 5.37. The molecule has 0 aliphatic heterocycles. The van der Waals surface area contributed by atoms with Crippen LogP contribution in [0.15, 0.2) is 18.3 Å². The van der Waals surface area contributed by atoms with Crippen molar-refractivity contribution in [2.75, 3.05) is 30.1 Å². The second-order valence-electron chi connectivity index (χ2n) is 3.47. The van der Waals surface area contributed by atoms with Gasteiger partial charge in [-0.15, -0.1) is 0 Å². The zero-order chi connectivity index (χ0) is 12.0. The van der Waals surface area contributed by atoms with Gasteiger partial charge in [0.15, 0.2) is 0 Å². The lowest BCUT2D eigenvalue weighted by molar-refractivity contribution is 0.603. The van der Waals surface area contributed by atoms with E-state index in [1.165, 1.54) is 6.26 Å². The normalized spacial score (nSPS) is 11.4. The summed E-state index contributed by atoms with van der Waals surface area (Å²) in [6, 6.07) is 3.86. The van der Waals surface area contributed by atoms with Crippen LogP contribution in [0, 0.1) is 0 Å². The molecule has 1 rings (SSSR count). The van der Waals surface area contributed by atoms with E-state index < -0.39 is 9.84 Å². The maximum Gasteiger partial charge on any atom is 0.148 e. The zero-order valence-electron chi connectivity index (χ0n) is 9.43. The van der Waals surface area contributed by atoms with Gasteiger partial charge in [0, 0.05) is 36.7 Å². The summed E-state index contributed by atoms with van der Waals surface area (Å²) in [6.45, 7) is 0. The van der Waals surface area contributed by atoms with Crippen LogP contribution in [0.1, 0.15) is 5.69 Å². The van der Waals surface area contributed by atoms with Crippen LogP contribution in [-0.2, 0) is 15.6 Å². The highest BCUT2D eigenvalue weighted by Crippen LogP contribution is 2.13. The van der Waals surface area contributed by atoms with E-state index in [0.717, 1.165) is 17.1 Å². The smallest absolute Gasteiger partial charge is 0.148 e. The van der Waals surface area contributed by atoms with E-state index >= 15 is 0 Å². The minimum Gasteiger partial charge on any atom is -0.388 e. The number of hydrogen-bond acceptors (Lipinski definition) is 5. The Labute approximate surface area is 101 Å². The number of nitrogens with zero attached hydrogens (tertiary/aromatic N) is 1. The van der Waals surface area contributed by atoms with E-state index in [4.69, 9.17) is 0 Å². The summed E-state index contributed by atoms with van der Waals surface area (Å²) in [5.74, 6) is 1.58. The molecule has 0 unspecified atom stereocenters. The number of hydrogen-bond donors (Lipinski definition) is 1. The summed E-state index contributed by atoms with van der Waals surface area (Å²) in [4.78, 5) is 4.21. The molecule has 90 valence electrons. The Bertz CT molecular complexity index is 432. The maximum atomic E-state index is 10.9. The van der Waals surface area contributed by atoms with Crippen molar-refractivity contribution in [3.05, 3.63) is 24.0 Å². The largest absolute Gasteiger partial charge is 0.388 e. The van der Waals surface area contributed by atoms with Gasteiger partial charge in [0.1, 0.15) is 9.84 Å². The lowest BCUT2D eigenvalue weighted by Crippen LogP contribution is -2.05. The quantitative estimate of drug-likeness (QED) is 0.784. The van der Waals surface area contributed by atoms with Crippen LogP contribution in [-0.4, -0.2) is 38.2 Å². The first-order chi connectivity index (χ1) is 7.51. The molecule has 0 saturated heterocycles. The van der Waals surface area contributed by atoms with Crippen molar-refractivity contribution in [2.45, 2.75) is 5.75 Å². The Balaban J connectivity index is 2.37. The molecule has 1 aromatic rings. The van der Waals surface area contributed by atoms with Crippen molar-refractivity contribution in [1.29, 1.82) is 0 Å². The number of nitrogens with one attached hydrogen (secondary N) is 1. The van der Waals surface area contributed by atoms with Gasteiger partial charge in [-0.3, -0.25) is 4.98 Å². The van der Waals surface area contributed by atoms with E-state index in [0.29, 0.717) is 5.75 Å². The lowest BCUT2D eigenvalue weighted by Gasteiger charge is -2.03. The van der Waals surface area contributed by atoms with Gasteiger partial charge in [0.2, 0.25) is 0 Å². The number of rotatable bonds is 6. The molecule has 0 radical (unpaired) electrons. The highest BCUT2D eigenvalue weighted by Gasteiger charge is 2.02. The van der Waals surface area contributed by atoms with Crippen molar-refractivity contribution < 1.29 is 8.42 Å². The maximum absolute atomic E-state index is 10.9. The van der Waals surface area contributed by atoms with Gasteiger partial charge in [-0.2, -0.15) is 11.8 Å². The fraction of sp³-hybridized carbons (Fsp3) is 0.500. The Morgan fingerprint density at radius 3 is 2.88 bits per heavy atom. The number of anilines is 1. The van der Waals surface area contributed by atoms with E-state index in [1.807, 2.05) is 19.2 Å². The molecular weight excluding hydrogens is 244 g/mol. The van der Waals surface area contributed by atoms with Crippen molar-refractivity contribution >= 4 is 27.3 Å². The molecule has 0 spiro atoms. The molecule has 6 heteroatoms. The monoisotopic (exact) mass is 260 g/mol. The van der Waals surface area contributed by atoms with Gasteiger partial charge in [-0.1, -0.05) is 0 Å².